The largest absolute Gasteiger partial charge is 0.378 e. The van der Waals surface area contributed by atoms with E-state index in [1.807, 2.05) is 11.8 Å². The Labute approximate surface area is 125 Å². The van der Waals surface area contributed by atoms with Crippen LogP contribution in [-0.2, 0) is 0 Å². The van der Waals surface area contributed by atoms with E-state index in [4.69, 9.17) is 0 Å². The molecule has 104 valence electrons. The van der Waals surface area contributed by atoms with Crippen LogP contribution in [0.15, 0.2) is 47.4 Å². The smallest absolute Gasteiger partial charge is 0.0618 e. The van der Waals surface area contributed by atoms with Gasteiger partial charge in [0.1, 0.15) is 0 Å². The summed E-state index contributed by atoms with van der Waals surface area (Å²) < 4.78 is 0. The molecule has 1 aliphatic rings. The van der Waals surface area contributed by atoms with E-state index in [1.165, 1.54) is 27.4 Å². The Morgan fingerprint density at radius 3 is 2.70 bits per heavy atom. The molecule has 20 heavy (non-hydrogen) atoms. The normalized spacial score (nSPS) is 16.9. The minimum atomic E-state index is 0.417. The van der Waals surface area contributed by atoms with Gasteiger partial charge >= 0.3 is 0 Å². The van der Waals surface area contributed by atoms with Gasteiger partial charge in [-0.05, 0) is 42.3 Å². The lowest BCUT2D eigenvalue weighted by Crippen LogP contribution is -2.12. The second kappa shape index (κ2) is 5.41. The van der Waals surface area contributed by atoms with E-state index >= 15 is 0 Å². The molecule has 0 radical (unpaired) electrons. The molecule has 1 heterocycles. The van der Waals surface area contributed by atoms with Gasteiger partial charge in [-0.2, -0.15) is 0 Å². The summed E-state index contributed by atoms with van der Waals surface area (Å²) >= 11 is 1.94. The maximum atomic E-state index is 3.69. The van der Waals surface area contributed by atoms with Gasteiger partial charge in [0.05, 0.1) is 6.04 Å². The Morgan fingerprint density at radius 1 is 1.15 bits per heavy atom. The van der Waals surface area contributed by atoms with Gasteiger partial charge in [0.2, 0.25) is 0 Å². The highest BCUT2D eigenvalue weighted by atomic mass is 32.2. The lowest BCUT2D eigenvalue weighted by atomic mass is 10.1. The number of thioether (sulfide) groups is 1. The van der Waals surface area contributed by atoms with Crippen molar-refractivity contribution in [3.05, 3.63) is 53.6 Å². The molecule has 2 nitrogen and oxygen atoms in total. The van der Waals surface area contributed by atoms with Gasteiger partial charge in [0.15, 0.2) is 0 Å². The summed E-state index contributed by atoms with van der Waals surface area (Å²) in [6.07, 6.45) is 0. The quantitative estimate of drug-likeness (QED) is 0.903. The number of rotatable bonds is 3. The lowest BCUT2D eigenvalue weighted by Gasteiger charge is -2.19. The molecule has 2 aromatic rings. The molecule has 1 unspecified atom stereocenters. The van der Waals surface area contributed by atoms with E-state index in [0.717, 1.165) is 5.75 Å². The Hall–Kier alpha value is -1.61. The molecule has 0 spiro atoms. The lowest BCUT2D eigenvalue weighted by molar-refractivity contribution is 0.897. The van der Waals surface area contributed by atoms with Gasteiger partial charge in [-0.3, -0.25) is 0 Å². The average molecular weight is 284 g/mol. The number of anilines is 2. The maximum Gasteiger partial charge on any atom is 0.0618 e. The molecule has 0 fully saturated rings. The van der Waals surface area contributed by atoms with Crippen LogP contribution in [0.3, 0.4) is 0 Å². The first-order chi connectivity index (χ1) is 9.65. The zero-order valence-electron chi connectivity index (χ0n) is 12.2. The number of benzene rings is 2. The van der Waals surface area contributed by atoms with Crippen LogP contribution in [0.1, 0.15) is 17.2 Å². The molecule has 1 N–H and O–H groups in total. The number of nitrogens with one attached hydrogen (secondary N) is 1. The summed E-state index contributed by atoms with van der Waals surface area (Å²) in [4.78, 5) is 3.55. The minimum Gasteiger partial charge on any atom is -0.378 e. The third-order valence-electron chi connectivity index (χ3n) is 3.76. The van der Waals surface area contributed by atoms with Gasteiger partial charge in [-0.25, -0.2) is 0 Å². The Morgan fingerprint density at radius 2 is 1.95 bits per heavy atom. The SMILES string of the molecule is Cc1cc(N(C)C)ccc1NC1CSc2ccccc21. The molecule has 1 aliphatic heterocycles. The van der Waals surface area contributed by atoms with Gasteiger partial charge in [-0.15, -0.1) is 11.8 Å². The van der Waals surface area contributed by atoms with Crippen LogP contribution in [-0.4, -0.2) is 19.8 Å². The summed E-state index contributed by atoms with van der Waals surface area (Å²) in [7, 11) is 4.15. The first-order valence-electron chi connectivity index (χ1n) is 6.91. The van der Waals surface area contributed by atoms with Crippen LogP contribution < -0.4 is 10.2 Å². The fourth-order valence-electron chi connectivity index (χ4n) is 2.56. The summed E-state index contributed by atoms with van der Waals surface area (Å²) in [5, 5.41) is 3.69. The van der Waals surface area contributed by atoms with Crippen molar-refractivity contribution in [2.45, 2.75) is 17.9 Å². The van der Waals surface area contributed by atoms with E-state index in [0.29, 0.717) is 6.04 Å². The topological polar surface area (TPSA) is 15.3 Å². The van der Waals surface area contributed by atoms with E-state index in [1.54, 1.807) is 0 Å². The van der Waals surface area contributed by atoms with Crippen LogP contribution in [0.25, 0.3) is 0 Å². The van der Waals surface area contributed by atoms with Gasteiger partial charge in [0.25, 0.3) is 0 Å². The molecule has 0 saturated heterocycles. The van der Waals surface area contributed by atoms with Crippen LogP contribution in [0.2, 0.25) is 0 Å². The van der Waals surface area contributed by atoms with Crippen molar-refractivity contribution >= 4 is 23.1 Å². The fraction of sp³-hybridized carbons (Fsp3) is 0.294. The van der Waals surface area contributed by atoms with Crippen LogP contribution >= 0.6 is 11.8 Å². The van der Waals surface area contributed by atoms with Crippen molar-refractivity contribution in [3.63, 3.8) is 0 Å². The monoisotopic (exact) mass is 284 g/mol. The van der Waals surface area contributed by atoms with Crippen molar-refractivity contribution in [2.75, 3.05) is 30.1 Å². The molecule has 0 aromatic heterocycles. The standard InChI is InChI=1S/C17H20N2S/c1-12-10-13(19(2)3)8-9-15(12)18-16-11-20-17-7-5-4-6-14(16)17/h4-10,16,18H,11H2,1-3H3. The molecule has 0 saturated carbocycles. The first-order valence-corrected chi connectivity index (χ1v) is 7.90. The third-order valence-corrected chi connectivity index (χ3v) is 4.94. The second-order valence-corrected chi connectivity index (χ2v) is 6.50. The highest BCUT2D eigenvalue weighted by Crippen LogP contribution is 2.40. The van der Waals surface area contributed by atoms with E-state index in [9.17, 15) is 0 Å². The highest BCUT2D eigenvalue weighted by Gasteiger charge is 2.22. The number of fused-ring (bicyclic) bond motifs is 1. The van der Waals surface area contributed by atoms with E-state index < -0.39 is 0 Å². The summed E-state index contributed by atoms with van der Waals surface area (Å²) in [5.74, 6) is 1.11. The van der Waals surface area contributed by atoms with Crippen molar-refractivity contribution in [1.82, 2.24) is 0 Å². The minimum absolute atomic E-state index is 0.417. The number of nitrogens with zero attached hydrogens (tertiary/aromatic N) is 1. The van der Waals surface area contributed by atoms with Crippen molar-refractivity contribution < 1.29 is 0 Å². The number of hydrogen-bond donors (Lipinski definition) is 1. The second-order valence-electron chi connectivity index (χ2n) is 5.44. The number of aryl methyl sites for hydroxylation is 1. The predicted molar refractivity (Wildman–Crippen MR) is 89.0 cm³/mol. The molecular formula is C17H20N2S. The molecule has 0 amide bonds. The van der Waals surface area contributed by atoms with Crippen LogP contribution in [0.4, 0.5) is 11.4 Å². The van der Waals surface area contributed by atoms with Crippen molar-refractivity contribution in [1.29, 1.82) is 0 Å². The Bertz CT molecular complexity index is 622. The Kier molecular flexibility index (Phi) is 3.62. The average Bonchev–Trinajstić information content (AvgIpc) is 2.84. The highest BCUT2D eigenvalue weighted by molar-refractivity contribution is 7.99. The Balaban J connectivity index is 1.83. The maximum absolute atomic E-state index is 3.69. The van der Waals surface area contributed by atoms with Gasteiger partial charge < -0.3 is 10.2 Å². The molecular weight excluding hydrogens is 264 g/mol. The fourth-order valence-corrected chi connectivity index (χ4v) is 3.72. The molecule has 0 bridgehead atoms. The zero-order chi connectivity index (χ0) is 14.1. The first kappa shape index (κ1) is 13.4. The predicted octanol–water partition coefficient (Wildman–Crippen LogP) is 4.32. The van der Waals surface area contributed by atoms with Crippen molar-refractivity contribution in [2.24, 2.45) is 0 Å². The third kappa shape index (κ3) is 2.50. The van der Waals surface area contributed by atoms with Crippen LogP contribution in [0.5, 0.6) is 0 Å². The van der Waals surface area contributed by atoms with Crippen molar-refractivity contribution in [3.8, 4) is 0 Å². The zero-order valence-corrected chi connectivity index (χ0v) is 13.0. The van der Waals surface area contributed by atoms with Crippen LogP contribution in [0, 0.1) is 6.92 Å². The molecule has 0 aliphatic carbocycles. The molecule has 3 heteroatoms. The van der Waals surface area contributed by atoms with E-state index in [-0.39, 0.29) is 0 Å². The molecule has 1 atom stereocenters. The summed E-state index contributed by atoms with van der Waals surface area (Å²) in [6.45, 7) is 2.17. The van der Waals surface area contributed by atoms with E-state index in [2.05, 4.69) is 73.7 Å². The summed E-state index contributed by atoms with van der Waals surface area (Å²) in [5.41, 5.74) is 5.20. The van der Waals surface area contributed by atoms with Gasteiger partial charge in [0, 0.05) is 36.1 Å². The molecule has 3 rings (SSSR count). The summed E-state index contributed by atoms with van der Waals surface area (Å²) in [6, 6.07) is 15.7. The molecule has 2 aromatic carbocycles. The van der Waals surface area contributed by atoms with Gasteiger partial charge in [-0.1, -0.05) is 18.2 Å². The number of hydrogen-bond acceptors (Lipinski definition) is 3.